The van der Waals surface area contributed by atoms with Crippen LogP contribution in [0, 0.1) is 11.8 Å². The van der Waals surface area contributed by atoms with Crippen LogP contribution in [0.1, 0.15) is 0 Å². The van der Waals surface area contributed by atoms with Crippen LogP contribution in [0.15, 0.2) is 0 Å². The number of alkyl halides is 2. The smallest absolute Gasteiger partial charge is 0.0835 e. The third-order valence-electron chi connectivity index (χ3n) is 2.66. The van der Waals surface area contributed by atoms with Crippen molar-refractivity contribution in [2.45, 2.75) is 0 Å². The van der Waals surface area contributed by atoms with Crippen molar-refractivity contribution in [1.82, 2.24) is 19.6 Å². The minimum absolute atomic E-state index is 0.382. The lowest BCUT2D eigenvalue weighted by molar-refractivity contribution is -0.194. The van der Waals surface area contributed by atoms with Gasteiger partial charge in [0, 0.05) is 0 Å². The molecule has 4 aliphatic heterocycles. The lowest BCUT2D eigenvalue weighted by Crippen LogP contribution is -2.71. The SMILES string of the molecule is C1N2CN3CN1CN(C2)C3.ClCC#CCCl. The number of hydrogen-bond acceptors (Lipinski definition) is 4. The average molecular weight is 263 g/mol. The normalized spacial score (nSPS) is 38.4. The van der Waals surface area contributed by atoms with Gasteiger partial charge in [-0.25, -0.2) is 0 Å². The molecule has 0 amide bonds. The molecular weight excluding hydrogens is 247 g/mol. The molecule has 0 saturated carbocycles. The predicted octanol–water partition coefficient (Wildman–Crippen LogP) is 0.448. The lowest BCUT2D eigenvalue weighted by Gasteiger charge is -2.56. The van der Waals surface area contributed by atoms with Crippen LogP contribution in [-0.2, 0) is 0 Å². The van der Waals surface area contributed by atoms with Crippen LogP contribution in [0.25, 0.3) is 0 Å². The molecule has 4 nitrogen and oxygen atoms in total. The van der Waals surface area contributed by atoms with E-state index in [1.165, 1.54) is 40.0 Å². The first-order valence-electron chi connectivity index (χ1n) is 5.29. The average Bonchev–Trinajstić information content (AvgIpc) is 2.25. The van der Waals surface area contributed by atoms with Crippen molar-refractivity contribution in [3.05, 3.63) is 0 Å². The first kappa shape index (κ1) is 12.4. The Kier molecular flexibility index (Phi) is 4.71. The van der Waals surface area contributed by atoms with E-state index in [1.54, 1.807) is 0 Å². The van der Waals surface area contributed by atoms with Crippen molar-refractivity contribution in [2.75, 3.05) is 51.8 Å². The largest absolute Gasteiger partial charge is 0.264 e. The van der Waals surface area contributed by atoms with Crippen LogP contribution >= 0.6 is 23.2 Å². The molecule has 16 heavy (non-hydrogen) atoms. The zero-order chi connectivity index (χ0) is 11.4. The first-order chi connectivity index (χ1) is 7.81. The third kappa shape index (κ3) is 3.24. The summed E-state index contributed by atoms with van der Waals surface area (Å²) in [5, 5.41) is 0. The predicted molar refractivity (Wildman–Crippen MR) is 65.8 cm³/mol. The van der Waals surface area contributed by atoms with E-state index in [9.17, 15) is 0 Å². The van der Waals surface area contributed by atoms with Crippen molar-refractivity contribution < 1.29 is 0 Å². The van der Waals surface area contributed by atoms with Gasteiger partial charge in [-0.15, -0.1) is 23.2 Å². The van der Waals surface area contributed by atoms with Gasteiger partial charge in [0.1, 0.15) is 0 Å². The number of rotatable bonds is 0. The highest BCUT2D eigenvalue weighted by molar-refractivity contribution is 6.20. The molecule has 0 radical (unpaired) electrons. The van der Waals surface area contributed by atoms with Gasteiger partial charge in [0.2, 0.25) is 0 Å². The monoisotopic (exact) mass is 262 g/mol. The fourth-order valence-corrected chi connectivity index (χ4v) is 2.52. The highest BCUT2D eigenvalue weighted by atomic mass is 35.5. The van der Waals surface area contributed by atoms with Crippen molar-refractivity contribution in [3.63, 3.8) is 0 Å². The van der Waals surface area contributed by atoms with Gasteiger partial charge < -0.3 is 0 Å². The first-order valence-corrected chi connectivity index (χ1v) is 6.36. The van der Waals surface area contributed by atoms with E-state index >= 15 is 0 Å². The molecule has 4 heterocycles. The second-order valence-electron chi connectivity index (χ2n) is 4.15. The maximum Gasteiger partial charge on any atom is 0.0835 e. The van der Waals surface area contributed by atoms with E-state index in [1.807, 2.05) is 0 Å². The van der Waals surface area contributed by atoms with Gasteiger partial charge in [-0.2, -0.15) is 0 Å². The van der Waals surface area contributed by atoms with Gasteiger partial charge in [0.05, 0.1) is 51.8 Å². The second kappa shape index (κ2) is 6.06. The van der Waals surface area contributed by atoms with Crippen molar-refractivity contribution in [2.24, 2.45) is 0 Å². The number of hydrogen-bond donors (Lipinski definition) is 0. The van der Waals surface area contributed by atoms with E-state index in [-0.39, 0.29) is 0 Å². The van der Waals surface area contributed by atoms with Crippen LogP contribution < -0.4 is 0 Å². The van der Waals surface area contributed by atoms with Crippen LogP contribution in [0.4, 0.5) is 0 Å². The summed E-state index contributed by atoms with van der Waals surface area (Å²) >= 11 is 10.3. The highest BCUT2D eigenvalue weighted by Gasteiger charge is 2.36. The zero-order valence-corrected chi connectivity index (χ0v) is 10.7. The molecule has 4 aliphatic rings. The molecule has 0 unspecified atom stereocenters. The van der Waals surface area contributed by atoms with Crippen LogP contribution in [0.5, 0.6) is 0 Å². The van der Waals surface area contributed by atoms with Gasteiger partial charge in [0.15, 0.2) is 0 Å². The fourth-order valence-electron chi connectivity index (χ4n) is 2.33. The number of halogens is 2. The third-order valence-corrected chi connectivity index (χ3v) is 2.93. The molecule has 4 bridgehead atoms. The minimum Gasteiger partial charge on any atom is -0.264 e. The summed E-state index contributed by atoms with van der Waals surface area (Å²) in [4.78, 5) is 9.88. The molecule has 0 aliphatic carbocycles. The Morgan fingerprint density at radius 1 is 0.625 bits per heavy atom. The molecule has 0 atom stereocenters. The molecule has 0 N–H and O–H groups in total. The topological polar surface area (TPSA) is 13.0 Å². The summed E-state index contributed by atoms with van der Waals surface area (Å²) < 4.78 is 0. The molecule has 4 rings (SSSR count). The highest BCUT2D eigenvalue weighted by Crippen LogP contribution is 2.20. The van der Waals surface area contributed by atoms with Crippen molar-refractivity contribution >= 4 is 23.2 Å². The van der Waals surface area contributed by atoms with E-state index < -0.39 is 0 Å². The van der Waals surface area contributed by atoms with Crippen molar-refractivity contribution in [3.8, 4) is 11.8 Å². The standard InChI is InChI=1S/C6H12N4.C4H4Cl2/c1-7-2-9-4-8(1)5-10(3-7)6-9;5-3-1-2-4-6/h1-6H2;3-4H2. The van der Waals surface area contributed by atoms with Gasteiger partial charge in [-0.1, -0.05) is 11.8 Å². The quantitative estimate of drug-likeness (QED) is 0.464. The van der Waals surface area contributed by atoms with E-state index in [2.05, 4.69) is 31.4 Å². The lowest BCUT2D eigenvalue weighted by atomic mass is 10.4. The second-order valence-corrected chi connectivity index (χ2v) is 4.69. The Balaban J connectivity index is 0.000000142. The Labute approximate surface area is 107 Å². The zero-order valence-electron chi connectivity index (χ0n) is 9.20. The van der Waals surface area contributed by atoms with Gasteiger partial charge in [0.25, 0.3) is 0 Å². The number of nitrogens with zero attached hydrogens (tertiary/aromatic N) is 4. The molecule has 0 aromatic heterocycles. The van der Waals surface area contributed by atoms with Crippen LogP contribution in [0.3, 0.4) is 0 Å². The minimum atomic E-state index is 0.382. The molecular formula is C10H16Cl2N4. The van der Waals surface area contributed by atoms with Gasteiger partial charge in [-0.05, 0) is 0 Å². The molecule has 4 saturated heterocycles. The molecule has 6 heteroatoms. The summed E-state index contributed by atoms with van der Waals surface area (Å²) in [5.74, 6) is 5.93. The summed E-state index contributed by atoms with van der Waals surface area (Å²) in [5.41, 5.74) is 0. The van der Waals surface area contributed by atoms with E-state index in [4.69, 9.17) is 23.2 Å². The maximum atomic E-state index is 5.15. The molecule has 0 spiro atoms. The molecule has 90 valence electrons. The van der Waals surface area contributed by atoms with Crippen LogP contribution in [0.2, 0.25) is 0 Å². The Morgan fingerprint density at radius 2 is 0.875 bits per heavy atom. The summed E-state index contributed by atoms with van der Waals surface area (Å²) in [6.07, 6.45) is 0. The molecule has 0 aromatic rings. The van der Waals surface area contributed by atoms with E-state index in [0.29, 0.717) is 11.8 Å². The summed E-state index contributed by atoms with van der Waals surface area (Å²) in [6, 6.07) is 0. The molecule has 4 fully saturated rings. The summed E-state index contributed by atoms with van der Waals surface area (Å²) in [6.45, 7) is 7.12. The van der Waals surface area contributed by atoms with Gasteiger partial charge >= 0.3 is 0 Å². The van der Waals surface area contributed by atoms with Crippen LogP contribution in [-0.4, -0.2) is 71.4 Å². The van der Waals surface area contributed by atoms with E-state index in [0.717, 1.165) is 0 Å². The van der Waals surface area contributed by atoms with Gasteiger partial charge in [-0.3, -0.25) is 19.6 Å². The van der Waals surface area contributed by atoms with Crippen molar-refractivity contribution in [1.29, 1.82) is 0 Å². The Hall–Kier alpha value is -0.0200. The Bertz CT molecular complexity index is 222. The fraction of sp³-hybridized carbons (Fsp3) is 0.800. The molecule has 0 aromatic carbocycles. The maximum absolute atomic E-state index is 5.15. The summed E-state index contributed by atoms with van der Waals surface area (Å²) in [7, 11) is 0. The Morgan fingerprint density at radius 3 is 1.06 bits per heavy atom.